The van der Waals surface area contributed by atoms with Crippen molar-refractivity contribution in [2.75, 3.05) is 26.8 Å². The van der Waals surface area contributed by atoms with Crippen molar-refractivity contribution in [3.8, 4) is 22.6 Å². The summed E-state index contributed by atoms with van der Waals surface area (Å²) in [6.07, 6.45) is 5.29. The number of carbonyl (C=O) groups is 1. The van der Waals surface area contributed by atoms with Crippen molar-refractivity contribution < 1.29 is 19.0 Å². The van der Waals surface area contributed by atoms with Crippen molar-refractivity contribution in [1.82, 2.24) is 9.88 Å². The Hall–Kier alpha value is -3.12. The molecule has 166 valence electrons. The molecule has 2 aliphatic rings. The molecule has 0 aliphatic carbocycles. The van der Waals surface area contributed by atoms with Gasteiger partial charge in [0, 0.05) is 49.7 Å². The Balaban J connectivity index is 1.21. The summed E-state index contributed by atoms with van der Waals surface area (Å²) < 4.78 is 17.2. The molecule has 2 fully saturated rings. The molecule has 1 atom stereocenters. The van der Waals surface area contributed by atoms with E-state index in [9.17, 15) is 4.79 Å². The van der Waals surface area contributed by atoms with Gasteiger partial charge in [0.1, 0.15) is 23.7 Å². The van der Waals surface area contributed by atoms with Gasteiger partial charge in [0.05, 0.1) is 12.6 Å². The minimum Gasteiger partial charge on any atom is -0.496 e. The Morgan fingerprint density at radius 1 is 1.06 bits per heavy atom. The Morgan fingerprint density at radius 2 is 1.88 bits per heavy atom. The number of rotatable bonds is 5. The SMILES string of the molecule is COc1cccc2ncc(-c3ccc(OC4CCN(C(=O)C5CCCO5)CC4)cc3)cc12. The zero-order valence-electron chi connectivity index (χ0n) is 18.3. The molecular weight excluding hydrogens is 404 g/mol. The summed E-state index contributed by atoms with van der Waals surface area (Å²) in [6, 6.07) is 16.1. The lowest BCUT2D eigenvalue weighted by Crippen LogP contribution is -2.45. The molecule has 1 unspecified atom stereocenters. The fourth-order valence-electron chi connectivity index (χ4n) is 4.55. The molecule has 6 nitrogen and oxygen atoms in total. The molecule has 5 rings (SSSR count). The Kier molecular flexibility index (Phi) is 5.95. The zero-order valence-corrected chi connectivity index (χ0v) is 18.3. The fraction of sp³-hybridized carbons (Fsp3) is 0.385. The number of fused-ring (bicyclic) bond motifs is 1. The fourth-order valence-corrected chi connectivity index (χ4v) is 4.55. The highest BCUT2D eigenvalue weighted by Crippen LogP contribution is 2.30. The first kappa shape index (κ1) is 20.8. The van der Waals surface area contributed by atoms with Gasteiger partial charge in [-0.15, -0.1) is 0 Å². The van der Waals surface area contributed by atoms with E-state index in [4.69, 9.17) is 14.2 Å². The van der Waals surface area contributed by atoms with E-state index in [-0.39, 0.29) is 18.1 Å². The van der Waals surface area contributed by atoms with E-state index < -0.39 is 0 Å². The standard InChI is InChI=1S/C26H28N2O4/c1-30-24-5-2-4-23-22(24)16-19(17-27-23)18-7-9-20(10-8-18)32-21-11-13-28(14-12-21)26(29)25-6-3-15-31-25/h2,4-5,7-10,16-17,21,25H,3,6,11-15H2,1H3. The number of carbonyl (C=O) groups excluding carboxylic acids is 1. The van der Waals surface area contributed by atoms with E-state index in [1.807, 2.05) is 41.4 Å². The summed E-state index contributed by atoms with van der Waals surface area (Å²) in [6.45, 7) is 2.16. The minimum atomic E-state index is -0.232. The lowest BCUT2D eigenvalue weighted by atomic mass is 10.0. The largest absolute Gasteiger partial charge is 0.496 e. The molecule has 0 bridgehead atoms. The summed E-state index contributed by atoms with van der Waals surface area (Å²) >= 11 is 0. The minimum absolute atomic E-state index is 0.126. The van der Waals surface area contributed by atoms with Gasteiger partial charge in [0.2, 0.25) is 0 Å². The van der Waals surface area contributed by atoms with E-state index >= 15 is 0 Å². The van der Waals surface area contributed by atoms with Crippen LogP contribution in [0.1, 0.15) is 25.7 Å². The average Bonchev–Trinajstić information content (AvgIpc) is 3.39. The summed E-state index contributed by atoms with van der Waals surface area (Å²) in [5, 5.41) is 0.997. The molecule has 6 heteroatoms. The molecule has 0 N–H and O–H groups in total. The first-order chi connectivity index (χ1) is 15.7. The third-order valence-electron chi connectivity index (χ3n) is 6.35. The molecular formula is C26H28N2O4. The van der Waals surface area contributed by atoms with Gasteiger partial charge in [-0.2, -0.15) is 0 Å². The van der Waals surface area contributed by atoms with Crippen LogP contribution in [-0.4, -0.2) is 54.8 Å². The van der Waals surface area contributed by atoms with Crippen molar-refractivity contribution in [3.63, 3.8) is 0 Å². The van der Waals surface area contributed by atoms with Gasteiger partial charge in [-0.3, -0.25) is 9.78 Å². The van der Waals surface area contributed by atoms with Gasteiger partial charge in [-0.05, 0) is 48.7 Å². The third-order valence-corrected chi connectivity index (χ3v) is 6.35. The van der Waals surface area contributed by atoms with Crippen molar-refractivity contribution >= 4 is 16.8 Å². The number of ether oxygens (including phenoxy) is 3. The summed E-state index contributed by atoms with van der Waals surface area (Å²) in [5.41, 5.74) is 3.03. The maximum Gasteiger partial charge on any atom is 0.251 e. The van der Waals surface area contributed by atoms with E-state index in [2.05, 4.69) is 23.2 Å². The molecule has 0 radical (unpaired) electrons. The van der Waals surface area contributed by atoms with Crippen molar-refractivity contribution in [2.45, 2.75) is 37.9 Å². The van der Waals surface area contributed by atoms with Gasteiger partial charge in [0.15, 0.2) is 0 Å². The molecule has 1 aromatic heterocycles. The van der Waals surface area contributed by atoms with Crippen LogP contribution in [0.2, 0.25) is 0 Å². The van der Waals surface area contributed by atoms with Crippen molar-refractivity contribution in [3.05, 3.63) is 54.7 Å². The highest BCUT2D eigenvalue weighted by Gasteiger charge is 2.31. The summed E-state index contributed by atoms with van der Waals surface area (Å²) in [7, 11) is 1.68. The molecule has 2 saturated heterocycles. The van der Waals surface area contributed by atoms with Gasteiger partial charge >= 0.3 is 0 Å². The lowest BCUT2D eigenvalue weighted by molar-refractivity contribution is -0.142. The second kappa shape index (κ2) is 9.17. The number of likely N-dealkylation sites (tertiary alicyclic amines) is 1. The summed E-state index contributed by atoms with van der Waals surface area (Å²) in [4.78, 5) is 19.0. The predicted molar refractivity (Wildman–Crippen MR) is 123 cm³/mol. The van der Waals surface area contributed by atoms with Crippen LogP contribution in [0.5, 0.6) is 11.5 Å². The molecule has 0 saturated carbocycles. The lowest BCUT2D eigenvalue weighted by Gasteiger charge is -2.33. The first-order valence-electron chi connectivity index (χ1n) is 11.3. The molecule has 2 aromatic carbocycles. The van der Waals surface area contributed by atoms with Crippen LogP contribution in [-0.2, 0) is 9.53 Å². The number of methoxy groups -OCH3 is 1. The molecule has 3 aromatic rings. The number of hydrogen-bond acceptors (Lipinski definition) is 5. The number of aromatic nitrogens is 1. The molecule has 0 spiro atoms. The molecule has 1 amide bonds. The summed E-state index contributed by atoms with van der Waals surface area (Å²) in [5.74, 6) is 1.82. The van der Waals surface area contributed by atoms with Crippen LogP contribution in [0.15, 0.2) is 54.7 Å². The second-order valence-corrected chi connectivity index (χ2v) is 8.42. The van der Waals surface area contributed by atoms with E-state index in [1.165, 1.54) is 0 Å². The quantitative estimate of drug-likeness (QED) is 0.596. The van der Waals surface area contributed by atoms with Crippen molar-refractivity contribution in [2.24, 2.45) is 0 Å². The highest BCUT2D eigenvalue weighted by molar-refractivity contribution is 5.88. The maximum absolute atomic E-state index is 12.5. The molecule has 32 heavy (non-hydrogen) atoms. The Labute approximate surface area is 188 Å². The van der Waals surface area contributed by atoms with Crippen LogP contribution in [0.25, 0.3) is 22.0 Å². The van der Waals surface area contributed by atoms with Gasteiger partial charge in [-0.1, -0.05) is 18.2 Å². The smallest absolute Gasteiger partial charge is 0.251 e. The Morgan fingerprint density at radius 3 is 2.59 bits per heavy atom. The number of pyridine rings is 1. The first-order valence-corrected chi connectivity index (χ1v) is 11.3. The maximum atomic E-state index is 12.5. The van der Waals surface area contributed by atoms with Gasteiger partial charge < -0.3 is 19.1 Å². The number of nitrogens with zero attached hydrogens (tertiary/aromatic N) is 2. The average molecular weight is 433 g/mol. The van der Waals surface area contributed by atoms with Crippen LogP contribution in [0.4, 0.5) is 0 Å². The highest BCUT2D eigenvalue weighted by atomic mass is 16.5. The third kappa shape index (κ3) is 4.28. The molecule has 3 heterocycles. The molecule has 2 aliphatic heterocycles. The monoisotopic (exact) mass is 432 g/mol. The number of hydrogen-bond donors (Lipinski definition) is 0. The second-order valence-electron chi connectivity index (χ2n) is 8.42. The van der Waals surface area contributed by atoms with Crippen molar-refractivity contribution in [1.29, 1.82) is 0 Å². The van der Waals surface area contributed by atoms with Crippen LogP contribution < -0.4 is 9.47 Å². The Bertz CT molecular complexity index is 1080. The van der Waals surface area contributed by atoms with Crippen LogP contribution in [0, 0.1) is 0 Å². The normalized spacial score (nSPS) is 19.3. The number of benzene rings is 2. The van der Waals surface area contributed by atoms with Gasteiger partial charge in [-0.25, -0.2) is 0 Å². The van der Waals surface area contributed by atoms with Crippen LogP contribution >= 0.6 is 0 Å². The van der Waals surface area contributed by atoms with E-state index in [0.717, 1.165) is 72.3 Å². The number of piperidine rings is 1. The topological polar surface area (TPSA) is 60.9 Å². The van der Waals surface area contributed by atoms with E-state index in [0.29, 0.717) is 6.61 Å². The zero-order chi connectivity index (χ0) is 21.9. The van der Waals surface area contributed by atoms with Crippen LogP contribution in [0.3, 0.4) is 0 Å². The number of amides is 1. The van der Waals surface area contributed by atoms with Gasteiger partial charge in [0.25, 0.3) is 5.91 Å². The predicted octanol–water partition coefficient (Wildman–Crippen LogP) is 4.46. The van der Waals surface area contributed by atoms with E-state index in [1.54, 1.807) is 7.11 Å².